The standard InChI is InChI=1S/C28H27ClN2O4/c1-33-24-14-18(15-25(34-2)28(24)35-3)17-12-22-26(23(32)13-17)27(16-8-10-19(29)11-9-16)31-21-7-5-4-6-20(21)30-22/h4-11,14-15,17,27,30-31H,12-13H2,1-3H3/t17-,27-/m1/s1. The summed E-state index contributed by atoms with van der Waals surface area (Å²) in [4.78, 5) is 13.7. The van der Waals surface area contributed by atoms with Gasteiger partial charge in [0.15, 0.2) is 17.3 Å². The minimum absolute atomic E-state index is 0.0430. The maximum atomic E-state index is 13.7. The van der Waals surface area contributed by atoms with E-state index in [1.807, 2.05) is 60.7 Å². The van der Waals surface area contributed by atoms with Crippen LogP contribution in [0, 0.1) is 0 Å². The summed E-state index contributed by atoms with van der Waals surface area (Å²) >= 11 is 6.15. The number of carbonyl (C=O) groups is 1. The van der Waals surface area contributed by atoms with Gasteiger partial charge in [-0.05, 0) is 59.9 Å². The third kappa shape index (κ3) is 4.30. The summed E-state index contributed by atoms with van der Waals surface area (Å²) in [5.74, 6) is 1.74. The minimum atomic E-state index is -0.285. The van der Waals surface area contributed by atoms with E-state index < -0.39 is 0 Å². The van der Waals surface area contributed by atoms with Gasteiger partial charge in [-0.25, -0.2) is 0 Å². The minimum Gasteiger partial charge on any atom is -0.493 e. The SMILES string of the molecule is COc1cc([C@H]2CC(=O)C3=C(C2)Nc2ccccc2N[C@@H]3c2ccc(Cl)cc2)cc(OC)c1OC. The normalized spacial score (nSPS) is 19.0. The molecule has 35 heavy (non-hydrogen) atoms. The summed E-state index contributed by atoms with van der Waals surface area (Å²) in [6, 6.07) is 19.2. The van der Waals surface area contributed by atoms with Gasteiger partial charge < -0.3 is 24.8 Å². The molecule has 3 aromatic rings. The molecule has 180 valence electrons. The Morgan fingerprint density at radius 2 is 1.49 bits per heavy atom. The fraction of sp³-hybridized carbons (Fsp3) is 0.250. The van der Waals surface area contributed by atoms with Crippen LogP contribution in [-0.2, 0) is 4.79 Å². The van der Waals surface area contributed by atoms with Crippen LogP contribution in [0.4, 0.5) is 11.4 Å². The van der Waals surface area contributed by atoms with Crippen LogP contribution in [0.25, 0.3) is 0 Å². The van der Waals surface area contributed by atoms with Gasteiger partial charge in [-0.3, -0.25) is 4.79 Å². The first-order valence-corrected chi connectivity index (χ1v) is 11.8. The molecule has 0 radical (unpaired) electrons. The lowest BCUT2D eigenvalue weighted by molar-refractivity contribution is -0.116. The van der Waals surface area contributed by atoms with E-state index in [1.54, 1.807) is 21.3 Å². The number of carbonyl (C=O) groups excluding carboxylic acids is 1. The number of benzene rings is 3. The van der Waals surface area contributed by atoms with E-state index in [0.717, 1.165) is 33.8 Å². The zero-order valence-corrected chi connectivity index (χ0v) is 20.6. The van der Waals surface area contributed by atoms with Gasteiger partial charge in [-0.1, -0.05) is 35.9 Å². The Hall–Kier alpha value is -3.64. The zero-order chi connectivity index (χ0) is 24.5. The molecule has 2 atom stereocenters. The zero-order valence-electron chi connectivity index (χ0n) is 19.9. The van der Waals surface area contributed by atoms with Crippen LogP contribution in [0.5, 0.6) is 17.2 Å². The highest BCUT2D eigenvalue weighted by Gasteiger charge is 2.36. The van der Waals surface area contributed by atoms with Crippen molar-refractivity contribution in [1.82, 2.24) is 0 Å². The van der Waals surface area contributed by atoms with E-state index in [-0.39, 0.29) is 17.7 Å². The van der Waals surface area contributed by atoms with Crippen LogP contribution in [-0.4, -0.2) is 27.1 Å². The molecule has 0 saturated heterocycles. The number of fused-ring (bicyclic) bond motifs is 1. The molecule has 6 nitrogen and oxygen atoms in total. The van der Waals surface area contributed by atoms with Gasteiger partial charge in [-0.2, -0.15) is 0 Å². The maximum Gasteiger partial charge on any atom is 0.203 e. The Balaban J connectivity index is 1.59. The van der Waals surface area contributed by atoms with Crippen LogP contribution in [0.1, 0.15) is 35.9 Å². The highest BCUT2D eigenvalue weighted by molar-refractivity contribution is 6.30. The molecule has 2 N–H and O–H groups in total. The van der Waals surface area contributed by atoms with Gasteiger partial charge in [0, 0.05) is 22.7 Å². The summed E-state index contributed by atoms with van der Waals surface area (Å²) in [6.45, 7) is 0. The van der Waals surface area contributed by atoms with Gasteiger partial charge in [0.2, 0.25) is 5.75 Å². The average Bonchev–Trinajstić information content (AvgIpc) is 3.05. The molecule has 1 aliphatic heterocycles. The molecule has 0 amide bonds. The lowest BCUT2D eigenvalue weighted by atomic mass is 9.78. The molecule has 2 aliphatic rings. The molecule has 7 heteroatoms. The second-order valence-electron chi connectivity index (χ2n) is 8.68. The Morgan fingerprint density at radius 1 is 0.829 bits per heavy atom. The smallest absolute Gasteiger partial charge is 0.203 e. The molecule has 0 unspecified atom stereocenters. The fourth-order valence-electron chi connectivity index (χ4n) is 4.97. The molecule has 0 spiro atoms. The van der Waals surface area contributed by atoms with Crippen LogP contribution >= 0.6 is 11.6 Å². The van der Waals surface area contributed by atoms with E-state index in [9.17, 15) is 4.79 Å². The van der Waals surface area contributed by atoms with Crippen molar-refractivity contribution in [2.45, 2.75) is 24.8 Å². The maximum absolute atomic E-state index is 13.7. The van der Waals surface area contributed by atoms with Gasteiger partial charge in [0.1, 0.15) is 0 Å². The average molecular weight is 491 g/mol. The summed E-state index contributed by atoms with van der Waals surface area (Å²) in [5.41, 5.74) is 5.51. The third-order valence-electron chi connectivity index (χ3n) is 6.67. The summed E-state index contributed by atoms with van der Waals surface area (Å²) in [5, 5.41) is 7.82. The quantitative estimate of drug-likeness (QED) is 0.434. The lowest BCUT2D eigenvalue weighted by Crippen LogP contribution is -2.26. The van der Waals surface area contributed by atoms with Crippen molar-refractivity contribution in [2.24, 2.45) is 0 Å². The highest BCUT2D eigenvalue weighted by Crippen LogP contribution is 2.47. The molecular weight excluding hydrogens is 464 g/mol. The van der Waals surface area contributed by atoms with Crippen molar-refractivity contribution >= 4 is 28.8 Å². The number of halogens is 1. The summed E-state index contributed by atoms with van der Waals surface area (Å²) < 4.78 is 16.6. The predicted octanol–water partition coefficient (Wildman–Crippen LogP) is 6.35. The number of methoxy groups -OCH3 is 3. The van der Waals surface area contributed by atoms with E-state index in [0.29, 0.717) is 35.1 Å². The number of Topliss-reactive ketones (excluding diaryl/α,β-unsaturated/α-hetero) is 1. The van der Waals surface area contributed by atoms with Gasteiger partial charge in [0.05, 0.1) is 38.7 Å². The van der Waals surface area contributed by atoms with Crippen molar-refractivity contribution in [2.75, 3.05) is 32.0 Å². The lowest BCUT2D eigenvalue weighted by Gasteiger charge is -2.30. The second-order valence-corrected chi connectivity index (χ2v) is 9.12. The first kappa shape index (κ1) is 23.1. The first-order chi connectivity index (χ1) is 17.0. The number of hydrogen-bond donors (Lipinski definition) is 2. The van der Waals surface area contributed by atoms with Gasteiger partial charge in [-0.15, -0.1) is 0 Å². The molecule has 5 rings (SSSR count). The van der Waals surface area contributed by atoms with Gasteiger partial charge in [0.25, 0.3) is 0 Å². The predicted molar refractivity (Wildman–Crippen MR) is 138 cm³/mol. The number of para-hydroxylation sites is 2. The van der Waals surface area contributed by atoms with Crippen molar-refractivity contribution in [1.29, 1.82) is 0 Å². The number of ether oxygens (including phenoxy) is 3. The van der Waals surface area contributed by atoms with Crippen molar-refractivity contribution in [3.8, 4) is 17.2 Å². The van der Waals surface area contributed by atoms with E-state index in [4.69, 9.17) is 25.8 Å². The molecule has 3 aromatic carbocycles. The van der Waals surface area contributed by atoms with Crippen molar-refractivity contribution in [3.05, 3.63) is 88.1 Å². The molecule has 0 bridgehead atoms. The summed E-state index contributed by atoms with van der Waals surface area (Å²) in [7, 11) is 4.78. The number of allylic oxidation sites excluding steroid dienone is 1. The van der Waals surface area contributed by atoms with E-state index >= 15 is 0 Å². The number of ketones is 1. The van der Waals surface area contributed by atoms with Crippen LogP contribution < -0.4 is 24.8 Å². The van der Waals surface area contributed by atoms with Crippen molar-refractivity contribution in [3.63, 3.8) is 0 Å². The molecule has 1 aliphatic carbocycles. The Labute approximate surface area is 209 Å². The van der Waals surface area contributed by atoms with E-state index in [1.165, 1.54) is 0 Å². The number of hydrogen-bond acceptors (Lipinski definition) is 6. The third-order valence-corrected chi connectivity index (χ3v) is 6.92. The van der Waals surface area contributed by atoms with Crippen LogP contribution in [0.3, 0.4) is 0 Å². The molecule has 0 fully saturated rings. The Kier molecular flexibility index (Phi) is 6.31. The molecule has 0 aromatic heterocycles. The largest absolute Gasteiger partial charge is 0.493 e. The number of rotatable bonds is 5. The molecule has 1 heterocycles. The van der Waals surface area contributed by atoms with Gasteiger partial charge >= 0.3 is 0 Å². The van der Waals surface area contributed by atoms with Crippen LogP contribution in [0.2, 0.25) is 5.02 Å². The highest BCUT2D eigenvalue weighted by atomic mass is 35.5. The second kappa shape index (κ2) is 9.55. The van der Waals surface area contributed by atoms with E-state index in [2.05, 4.69) is 10.6 Å². The first-order valence-electron chi connectivity index (χ1n) is 11.5. The number of nitrogens with one attached hydrogen (secondary N) is 2. The fourth-order valence-corrected chi connectivity index (χ4v) is 5.10. The van der Waals surface area contributed by atoms with Crippen molar-refractivity contribution < 1.29 is 19.0 Å². The Bertz CT molecular complexity index is 1280. The topological polar surface area (TPSA) is 68.8 Å². The number of anilines is 2. The molecular formula is C28H27ClN2O4. The summed E-state index contributed by atoms with van der Waals surface area (Å²) in [6.07, 6.45) is 1.04. The molecule has 0 saturated carbocycles. The Morgan fingerprint density at radius 3 is 2.11 bits per heavy atom. The van der Waals surface area contributed by atoms with Crippen LogP contribution in [0.15, 0.2) is 71.9 Å². The monoisotopic (exact) mass is 490 g/mol.